The van der Waals surface area contributed by atoms with Crippen LogP contribution < -0.4 is 10.2 Å². The van der Waals surface area contributed by atoms with Gasteiger partial charge in [-0.25, -0.2) is 14.6 Å². The van der Waals surface area contributed by atoms with Crippen molar-refractivity contribution in [3.05, 3.63) is 24.0 Å². The SMILES string of the molecule is CCOC(=O)[C@H](Cc1nc2cc(N(CCCl)CCCl)ccc2n1C)NC(=O)OC(C)(C)C. The van der Waals surface area contributed by atoms with E-state index in [1.54, 1.807) is 27.7 Å². The molecule has 0 unspecified atom stereocenters. The number of benzene rings is 1. The molecule has 2 rings (SSSR count). The van der Waals surface area contributed by atoms with Gasteiger partial charge in [-0.1, -0.05) is 0 Å². The fraction of sp³-hybridized carbons (Fsp3) is 0.591. The Kier molecular flexibility index (Phi) is 9.46. The van der Waals surface area contributed by atoms with Crippen molar-refractivity contribution in [2.75, 3.05) is 36.4 Å². The number of imidazole rings is 1. The van der Waals surface area contributed by atoms with Crippen LogP contribution in [0.5, 0.6) is 0 Å². The molecule has 0 aliphatic rings. The van der Waals surface area contributed by atoms with Crippen LogP contribution in [0.25, 0.3) is 11.0 Å². The Hall–Kier alpha value is -2.19. The number of aromatic nitrogens is 2. The molecule has 32 heavy (non-hydrogen) atoms. The molecular formula is C22H32Cl2N4O4. The van der Waals surface area contributed by atoms with Gasteiger partial charge in [0.2, 0.25) is 0 Å². The molecule has 0 fully saturated rings. The summed E-state index contributed by atoms with van der Waals surface area (Å²) in [4.78, 5) is 31.6. The lowest BCUT2D eigenvalue weighted by Gasteiger charge is -2.22. The molecule has 1 N–H and O–H groups in total. The summed E-state index contributed by atoms with van der Waals surface area (Å²) >= 11 is 11.9. The minimum absolute atomic E-state index is 0.158. The molecule has 1 aromatic heterocycles. The zero-order valence-corrected chi connectivity index (χ0v) is 20.8. The largest absolute Gasteiger partial charge is 0.464 e. The van der Waals surface area contributed by atoms with Crippen molar-refractivity contribution in [2.24, 2.45) is 7.05 Å². The minimum Gasteiger partial charge on any atom is -0.464 e. The number of alkyl halides is 2. The smallest absolute Gasteiger partial charge is 0.408 e. The molecule has 1 atom stereocenters. The lowest BCUT2D eigenvalue weighted by Crippen LogP contribution is -2.45. The lowest BCUT2D eigenvalue weighted by atomic mass is 10.2. The zero-order valence-electron chi connectivity index (χ0n) is 19.3. The van der Waals surface area contributed by atoms with Crippen LogP contribution in [0.15, 0.2) is 18.2 Å². The third-order valence-corrected chi connectivity index (χ3v) is 5.02. The van der Waals surface area contributed by atoms with Crippen LogP contribution in [0.2, 0.25) is 0 Å². The monoisotopic (exact) mass is 486 g/mol. The molecule has 0 aliphatic carbocycles. The summed E-state index contributed by atoms with van der Waals surface area (Å²) in [5, 5.41) is 2.61. The molecule has 8 nitrogen and oxygen atoms in total. The number of fused-ring (bicyclic) bond motifs is 1. The fourth-order valence-electron chi connectivity index (χ4n) is 3.26. The normalized spacial score (nSPS) is 12.5. The number of anilines is 1. The number of amides is 1. The number of hydrogen-bond donors (Lipinski definition) is 1. The molecule has 1 aromatic carbocycles. The van der Waals surface area contributed by atoms with E-state index in [-0.39, 0.29) is 13.0 Å². The average molecular weight is 487 g/mol. The van der Waals surface area contributed by atoms with Gasteiger partial charge in [-0.3, -0.25) is 0 Å². The maximum atomic E-state index is 12.5. The van der Waals surface area contributed by atoms with E-state index in [2.05, 4.69) is 10.2 Å². The highest BCUT2D eigenvalue weighted by molar-refractivity contribution is 6.18. The summed E-state index contributed by atoms with van der Waals surface area (Å²) < 4.78 is 12.3. The van der Waals surface area contributed by atoms with Gasteiger partial charge in [0, 0.05) is 44.0 Å². The van der Waals surface area contributed by atoms with Gasteiger partial charge in [-0.2, -0.15) is 0 Å². The number of nitrogens with zero attached hydrogens (tertiary/aromatic N) is 3. The quantitative estimate of drug-likeness (QED) is 0.405. The summed E-state index contributed by atoms with van der Waals surface area (Å²) in [6, 6.07) is 5.01. The van der Waals surface area contributed by atoms with Gasteiger partial charge in [0.25, 0.3) is 0 Å². The van der Waals surface area contributed by atoms with Gasteiger partial charge < -0.3 is 24.3 Å². The molecule has 1 amide bonds. The Balaban J connectivity index is 2.30. The molecule has 178 valence electrons. The highest BCUT2D eigenvalue weighted by Gasteiger charge is 2.27. The topological polar surface area (TPSA) is 85.7 Å². The van der Waals surface area contributed by atoms with Crippen LogP contribution in [-0.4, -0.2) is 64.7 Å². The highest BCUT2D eigenvalue weighted by Crippen LogP contribution is 2.23. The number of esters is 1. The molecule has 0 spiro atoms. The molecule has 0 saturated heterocycles. The number of halogens is 2. The molecule has 0 radical (unpaired) electrons. The van der Waals surface area contributed by atoms with Crippen molar-refractivity contribution in [2.45, 2.75) is 45.8 Å². The number of nitrogens with one attached hydrogen (secondary N) is 1. The van der Waals surface area contributed by atoms with Crippen molar-refractivity contribution in [1.29, 1.82) is 0 Å². The maximum absolute atomic E-state index is 12.5. The van der Waals surface area contributed by atoms with Crippen LogP contribution >= 0.6 is 23.2 Å². The van der Waals surface area contributed by atoms with Crippen molar-refractivity contribution in [1.82, 2.24) is 14.9 Å². The highest BCUT2D eigenvalue weighted by atomic mass is 35.5. The summed E-state index contributed by atoms with van der Waals surface area (Å²) in [5.41, 5.74) is 1.96. The predicted molar refractivity (Wildman–Crippen MR) is 128 cm³/mol. The Bertz CT molecular complexity index is 921. The van der Waals surface area contributed by atoms with Gasteiger partial charge in [-0.05, 0) is 45.9 Å². The van der Waals surface area contributed by atoms with E-state index >= 15 is 0 Å². The first-order chi connectivity index (χ1) is 15.1. The number of carbonyl (C=O) groups excluding carboxylic acids is 2. The van der Waals surface area contributed by atoms with E-state index in [1.807, 2.05) is 29.8 Å². The first kappa shape index (κ1) is 26.1. The fourth-order valence-corrected chi connectivity index (χ4v) is 3.67. The van der Waals surface area contributed by atoms with E-state index < -0.39 is 23.7 Å². The van der Waals surface area contributed by atoms with E-state index in [4.69, 9.17) is 37.7 Å². The number of carbonyl (C=O) groups is 2. The van der Waals surface area contributed by atoms with Gasteiger partial charge in [-0.15, -0.1) is 23.2 Å². The number of hydrogen-bond acceptors (Lipinski definition) is 6. The second kappa shape index (κ2) is 11.6. The van der Waals surface area contributed by atoms with Crippen LogP contribution in [-0.2, 0) is 27.7 Å². The van der Waals surface area contributed by atoms with Crippen LogP contribution in [0, 0.1) is 0 Å². The molecule has 10 heteroatoms. The Morgan fingerprint density at radius 1 is 1.22 bits per heavy atom. The molecule has 0 aliphatic heterocycles. The second-order valence-electron chi connectivity index (χ2n) is 8.28. The number of aryl methyl sites for hydroxylation is 1. The maximum Gasteiger partial charge on any atom is 0.408 e. The van der Waals surface area contributed by atoms with E-state index in [0.29, 0.717) is 30.7 Å². The van der Waals surface area contributed by atoms with Crippen LogP contribution in [0.4, 0.5) is 10.5 Å². The average Bonchev–Trinajstić information content (AvgIpc) is 3.01. The van der Waals surface area contributed by atoms with Crippen molar-refractivity contribution >= 4 is 52.0 Å². The molecule has 2 aromatic rings. The standard InChI is InChI=1S/C22H32Cl2N4O4/c1-6-31-20(29)17(26-21(30)32-22(2,3)4)14-19-25-16-13-15(7-8-18(16)27(19)5)28(11-9-23)12-10-24/h7-8,13,17H,6,9-12,14H2,1-5H3,(H,26,30)/t17-/m0/s1. The van der Waals surface area contributed by atoms with Crippen LogP contribution in [0.1, 0.15) is 33.5 Å². The molecule has 1 heterocycles. The van der Waals surface area contributed by atoms with E-state index in [1.165, 1.54) is 0 Å². The first-order valence-corrected chi connectivity index (χ1v) is 11.6. The third-order valence-electron chi connectivity index (χ3n) is 4.68. The predicted octanol–water partition coefficient (Wildman–Crippen LogP) is 3.86. The Morgan fingerprint density at radius 2 is 1.88 bits per heavy atom. The van der Waals surface area contributed by atoms with Crippen molar-refractivity contribution < 1.29 is 19.1 Å². The summed E-state index contributed by atoms with van der Waals surface area (Å²) in [6.45, 7) is 8.53. The summed E-state index contributed by atoms with van der Waals surface area (Å²) in [6.07, 6.45) is -0.527. The molecule has 0 bridgehead atoms. The molecular weight excluding hydrogens is 455 g/mol. The Morgan fingerprint density at radius 3 is 2.44 bits per heavy atom. The molecule has 0 saturated carbocycles. The van der Waals surface area contributed by atoms with E-state index in [9.17, 15) is 9.59 Å². The van der Waals surface area contributed by atoms with E-state index in [0.717, 1.165) is 16.7 Å². The minimum atomic E-state index is -0.927. The van der Waals surface area contributed by atoms with Gasteiger partial charge in [0.05, 0.1) is 17.6 Å². The second-order valence-corrected chi connectivity index (χ2v) is 9.04. The third kappa shape index (κ3) is 7.17. The summed E-state index contributed by atoms with van der Waals surface area (Å²) in [5.74, 6) is 1.06. The number of alkyl carbamates (subject to hydrolysis) is 1. The van der Waals surface area contributed by atoms with Crippen molar-refractivity contribution in [3.63, 3.8) is 0 Å². The number of rotatable bonds is 10. The zero-order chi connectivity index (χ0) is 23.9. The Labute approximate surface area is 199 Å². The van der Waals surface area contributed by atoms with Crippen molar-refractivity contribution in [3.8, 4) is 0 Å². The number of ether oxygens (including phenoxy) is 2. The van der Waals surface area contributed by atoms with Gasteiger partial charge >= 0.3 is 12.1 Å². The van der Waals surface area contributed by atoms with Crippen LogP contribution in [0.3, 0.4) is 0 Å². The van der Waals surface area contributed by atoms with Gasteiger partial charge in [0.1, 0.15) is 17.5 Å². The lowest BCUT2D eigenvalue weighted by molar-refractivity contribution is -0.145. The summed E-state index contributed by atoms with van der Waals surface area (Å²) in [7, 11) is 1.87. The first-order valence-electron chi connectivity index (χ1n) is 10.6. The van der Waals surface area contributed by atoms with Gasteiger partial charge in [0.15, 0.2) is 0 Å².